The lowest BCUT2D eigenvalue weighted by Crippen LogP contribution is -2.47. The molecule has 1 N–H and O–H groups in total. The molecule has 0 aliphatic rings. The van der Waals surface area contributed by atoms with E-state index in [4.69, 9.17) is 13.8 Å². The number of nitrogens with one attached hydrogen (secondary N) is 1. The Kier molecular flexibility index (Phi) is 58.8. The van der Waals surface area contributed by atoms with Gasteiger partial charge < -0.3 is 28.5 Å². The van der Waals surface area contributed by atoms with Gasteiger partial charge in [0.2, 0.25) is 5.91 Å². The summed E-state index contributed by atoms with van der Waals surface area (Å²) in [5.74, 6) is -0.571. The second-order valence-corrected chi connectivity index (χ2v) is 25.0. The standard InChI is InChI=1S/C73H127N2O7P/c1-7-10-13-16-19-22-25-27-29-31-33-35-36-37-38-40-42-44-46-48-51-54-57-60-63-66-73(77)82-71(64-61-58-55-52-49-24-21-18-15-12-9-3)70(69-81-83(78,79)80-68-67-75(4,5)6)74-72(76)65-62-59-56-53-50-47-45-43-41-39-34-32-30-28-26-23-20-17-14-11-8-2/h10,13,19-20,22-23,27-30,33-35,37-39,42,44,61,64,70-71H,7-9,11-12,14-18,21,24-26,31-32,36,40-41,43,45-60,62-63,65-69H2,1-6H3,(H-,74,76,78,79)/b13-10-,22-19-,23-20-,29-27-,30-28-,35-33-,38-37-,39-34-,44-42-,64-61+. The van der Waals surface area contributed by atoms with Crippen molar-refractivity contribution in [1.82, 2.24) is 5.32 Å². The Balaban J connectivity index is 5.16. The van der Waals surface area contributed by atoms with Crippen molar-refractivity contribution < 1.29 is 37.3 Å². The van der Waals surface area contributed by atoms with E-state index in [0.717, 1.165) is 141 Å². The number of hydrogen-bond acceptors (Lipinski definition) is 7. The van der Waals surface area contributed by atoms with Crippen LogP contribution < -0.4 is 10.2 Å². The van der Waals surface area contributed by atoms with E-state index in [0.29, 0.717) is 23.9 Å². The zero-order chi connectivity index (χ0) is 60.7. The van der Waals surface area contributed by atoms with Crippen LogP contribution in [0.3, 0.4) is 0 Å². The average molecular weight is 1180 g/mol. The molecule has 0 heterocycles. The van der Waals surface area contributed by atoms with Crippen LogP contribution >= 0.6 is 7.82 Å². The van der Waals surface area contributed by atoms with Gasteiger partial charge in [0.25, 0.3) is 7.82 Å². The Morgan fingerprint density at radius 3 is 1.18 bits per heavy atom. The number of quaternary nitrogens is 1. The first-order valence-electron chi connectivity index (χ1n) is 33.8. The minimum Gasteiger partial charge on any atom is -0.756 e. The Hall–Kier alpha value is -3.59. The fraction of sp³-hybridized carbons (Fsp3) is 0.699. The number of carbonyl (C=O) groups is 2. The number of ether oxygens (including phenoxy) is 1. The van der Waals surface area contributed by atoms with Crippen molar-refractivity contribution >= 4 is 19.7 Å². The first-order chi connectivity index (χ1) is 40.4. The van der Waals surface area contributed by atoms with Crippen LogP contribution in [0.1, 0.15) is 278 Å². The summed E-state index contributed by atoms with van der Waals surface area (Å²) < 4.78 is 30.4. The van der Waals surface area contributed by atoms with Crippen molar-refractivity contribution in [2.75, 3.05) is 40.9 Å². The van der Waals surface area contributed by atoms with E-state index in [1.165, 1.54) is 96.3 Å². The molecule has 0 spiro atoms. The minimum absolute atomic E-state index is 0.0326. The van der Waals surface area contributed by atoms with Gasteiger partial charge in [-0.3, -0.25) is 14.2 Å². The maximum absolute atomic E-state index is 13.6. The summed E-state index contributed by atoms with van der Waals surface area (Å²) in [4.78, 5) is 40.1. The van der Waals surface area contributed by atoms with Crippen LogP contribution in [-0.4, -0.2) is 69.4 Å². The number of amides is 1. The summed E-state index contributed by atoms with van der Waals surface area (Å²) in [5, 5.41) is 3.03. The van der Waals surface area contributed by atoms with E-state index in [9.17, 15) is 19.0 Å². The topological polar surface area (TPSA) is 114 Å². The highest BCUT2D eigenvalue weighted by Gasteiger charge is 2.27. The highest BCUT2D eigenvalue weighted by molar-refractivity contribution is 7.45. The third-order valence-electron chi connectivity index (χ3n) is 14.4. The summed E-state index contributed by atoms with van der Waals surface area (Å²) in [6.07, 6.45) is 86.0. The van der Waals surface area contributed by atoms with Crippen LogP contribution in [0.5, 0.6) is 0 Å². The fourth-order valence-corrected chi connectivity index (χ4v) is 9.90. The maximum atomic E-state index is 13.6. The third-order valence-corrected chi connectivity index (χ3v) is 15.3. The van der Waals surface area contributed by atoms with E-state index in [1.807, 2.05) is 33.3 Å². The van der Waals surface area contributed by atoms with E-state index in [2.05, 4.69) is 135 Å². The smallest absolute Gasteiger partial charge is 0.306 e. The molecule has 3 unspecified atom stereocenters. The Morgan fingerprint density at radius 1 is 0.434 bits per heavy atom. The number of nitrogens with zero attached hydrogens (tertiary/aromatic N) is 1. The van der Waals surface area contributed by atoms with Gasteiger partial charge >= 0.3 is 5.97 Å². The lowest BCUT2D eigenvalue weighted by molar-refractivity contribution is -0.870. The summed E-state index contributed by atoms with van der Waals surface area (Å²) in [6, 6.07) is -0.908. The predicted molar refractivity (Wildman–Crippen MR) is 357 cm³/mol. The van der Waals surface area contributed by atoms with Gasteiger partial charge in [-0.15, -0.1) is 0 Å². The SMILES string of the molecule is CC/C=C\C/C=C\C/C=C\C/C=C\C/C=C\C/C=C\CCCCCCCCC(=O)OC(/C=C/CCCCCCCCCCC)C(COP(=O)([O-])OCC[N+](C)(C)C)NC(=O)CCCCCCCCCC/C=C\C/C=C\C/C=C\CCCCC. The van der Waals surface area contributed by atoms with Crippen molar-refractivity contribution in [3.63, 3.8) is 0 Å². The molecule has 83 heavy (non-hydrogen) atoms. The summed E-state index contributed by atoms with van der Waals surface area (Å²) in [5.41, 5.74) is 0. The van der Waals surface area contributed by atoms with Crippen LogP contribution in [0.25, 0.3) is 0 Å². The quantitative estimate of drug-likeness (QED) is 0.0212. The zero-order valence-electron chi connectivity index (χ0n) is 54.4. The fourth-order valence-electron chi connectivity index (χ4n) is 9.18. The van der Waals surface area contributed by atoms with Gasteiger partial charge in [-0.2, -0.15) is 0 Å². The second-order valence-electron chi connectivity index (χ2n) is 23.6. The van der Waals surface area contributed by atoms with Crippen LogP contribution in [0.4, 0.5) is 0 Å². The van der Waals surface area contributed by atoms with Gasteiger partial charge in [0, 0.05) is 12.8 Å². The molecule has 0 saturated heterocycles. The van der Waals surface area contributed by atoms with Crippen molar-refractivity contribution in [1.29, 1.82) is 0 Å². The maximum Gasteiger partial charge on any atom is 0.306 e. The molecule has 0 aromatic heterocycles. The van der Waals surface area contributed by atoms with Crippen molar-refractivity contribution in [2.45, 2.75) is 290 Å². The number of phosphoric ester groups is 1. The van der Waals surface area contributed by atoms with Gasteiger partial charge in [-0.25, -0.2) is 0 Å². The molecule has 0 fully saturated rings. The lowest BCUT2D eigenvalue weighted by Gasteiger charge is -2.30. The number of phosphoric acid groups is 1. The van der Waals surface area contributed by atoms with Crippen molar-refractivity contribution in [2.24, 2.45) is 0 Å². The Bertz CT molecular complexity index is 1830. The van der Waals surface area contributed by atoms with Crippen LogP contribution in [0.15, 0.2) is 122 Å². The number of unbranched alkanes of at least 4 members (excludes halogenated alkanes) is 26. The largest absolute Gasteiger partial charge is 0.756 e. The van der Waals surface area contributed by atoms with Gasteiger partial charge in [-0.1, -0.05) is 265 Å². The lowest BCUT2D eigenvalue weighted by atomic mass is 10.0. The monoisotopic (exact) mass is 1170 g/mol. The summed E-state index contributed by atoms with van der Waals surface area (Å²) >= 11 is 0. The molecule has 9 nitrogen and oxygen atoms in total. The van der Waals surface area contributed by atoms with Crippen LogP contribution in [-0.2, 0) is 27.9 Å². The molecule has 0 aromatic rings. The first kappa shape index (κ1) is 79.4. The molecule has 0 saturated carbocycles. The highest BCUT2D eigenvalue weighted by atomic mass is 31.2. The summed E-state index contributed by atoms with van der Waals surface area (Å²) in [6.45, 7) is 6.68. The molecule has 0 aromatic carbocycles. The van der Waals surface area contributed by atoms with Gasteiger partial charge in [-0.05, 0) is 122 Å². The molecule has 10 heteroatoms. The van der Waals surface area contributed by atoms with Gasteiger partial charge in [0.1, 0.15) is 19.3 Å². The third kappa shape index (κ3) is 62.8. The molecular weight excluding hydrogens is 1050 g/mol. The molecule has 0 radical (unpaired) electrons. The van der Waals surface area contributed by atoms with Crippen molar-refractivity contribution in [3.05, 3.63) is 122 Å². The molecular formula is C73H127N2O7P. The van der Waals surface area contributed by atoms with E-state index < -0.39 is 26.6 Å². The molecule has 0 bridgehead atoms. The van der Waals surface area contributed by atoms with Crippen molar-refractivity contribution in [3.8, 4) is 0 Å². The molecule has 0 rings (SSSR count). The number of allylic oxidation sites excluding steroid dienone is 19. The summed E-state index contributed by atoms with van der Waals surface area (Å²) in [7, 11) is 1.16. The number of carbonyl (C=O) groups excluding carboxylic acids is 2. The molecule has 3 atom stereocenters. The second kappa shape index (κ2) is 61.5. The number of rotatable bonds is 60. The Morgan fingerprint density at radius 2 is 0.771 bits per heavy atom. The van der Waals surface area contributed by atoms with E-state index >= 15 is 0 Å². The van der Waals surface area contributed by atoms with Crippen LogP contribution in [0.2, 0.25) is 0 Å². The molecule has 476 valence electrons. The van der Waals surface area contributed by atoms with Gasteiger partial charge in [0.15, 0.2) is 0 Å². The average Bonchev–Trinajstić information content (AvgIpc) is 3.51. The number of hydrogen-bond donors (Lipinski definition) is 1. The highest BCUT2D eigenvalue weighted by Crippen LogP contribution is 2.38. The zero-order valence-corrected chi connectivity index (χ0v) is 55.3. The molecule has 1 amide bonds. The molecule has 0 aliphatic carbocycles. The van der Waals surface area contributed by atoms with E-state index in [-0.39, 0.29) is 24.9 Å². The predicted octanol–water partition coefficient (Wildman–Crippen LogP) is 20.8. The number of likely N-dealkylation sites (N-methyl/N-ethyl adjacent to an activating group) is 1. The first-order valence-corrected chi connectivity index (χ1v) is 35.3. The normalized spacial score (nSPS) is 14.3. The minimum atomic E-state index is -4.72. The Labute approximate surface area is 512 Å². The van der Waals surface area contributed by atoms with E-state index in [1.54, 1.807) is 0 Å². The molecule has 0 aliphatic heterocycles. The van der Waals surface area contributed by atoms with Crippen LogP contribution in [0, 0.1) is 0 Å². The number of esters is 1. The van der Waals surface area contributed by atoms with Gasteiger partial charge in [0.05, 0.1) is 33.8 Å².